The highest BCUT2D eigenvalue weighted by molar-refractivity contribution is 7.22. The summed E-state index contributed by atoms with van der Waals surface area (Å²) < 4.78 is 42.7. The average Bonchev–Trinajstić information content (AvgIpc) is 3.14. The third kappa shape index (κ3) is 4.89. The fourth-order valence-corrected chi connectivity index (χ4v) is 3.00. The predicted molar refractivity (Wildman–Crippen MR) is 84.2 cm³/mol. The number of ether oxygens (including phenoxy) is 1. The summed E-state index contributed by atoms with van der Waals surface area (Å²) in [5.41, 5.74) is 0.484. The molecule has 7 nitrogen and oxygen atoms in total. The molecule has 3 rings (SSSR count). The first-order valence-electron chi connectivity index (χ1n) is 7.18. The fraction of sp³-hybridized carbons (Fsp3) is 0.286. The molecule has 3 aromatic rings. The van der Waals surface area contributed by atoms with Crippen LogP contribution in [0.25, 0.3) is 10.2 Å². The predicted octanol–water partition coefficient (Wildman–Crippen LogP) is 3.21. The molecular formula is C14H12F3N5O2S. The Bertz CT molecular complexity index is 863. The highest BCUT2D eigenvalue weighted by Crippen LogP contribution is 2.31. The van der Waals surface area contributed by atoms with Crippen LogP contribution in [-0.2, 0) is 11.3 Å². The van der Waals surface area contributed by atoms with E-state index in [2.05, 4.69) is 25.1 Å². The Morgan fingerprint density at radius 3 is 2.92 bits per heavy atom. The van der Waals surface area contributed by atoms with Crippen LogP contribution in [0.2, 0.25) is 0 Å². The number of hydrogen-bond acceptors (Lipinski definition) is 6. The van der Waals surface area contributed by atoms with Gasteiger partial charge in [-0.05, 0) is 18.6 Å². The number of rotatable bonds is 6. The van der Waals surface area contributed by atoms with Gasteiger partial charge in [-0.2, -0.15) is 5.10 Å². The minimum atomic E-state index is -4.75. The van der Waals surface area contributed by atoms with Crippen molar-refractivity contribution >= 4 is 32.6 Å². The van der Waals surface area contributed by atoms with E-state index >= 15 is 0 Å². The summed E-state index contributed by atoms with van der Waals surface area (Å²) in [6.45, 7) is 0.561. The molecule has 25 heavy (non-hydrogen) atoms. The van der Waals surface area contributed by atoms with Crippen molar-refractivity contribution < 1.29 is 22.7 Å². The van der Waals surface area contributed by atoms with Gasteiger partial charge in [0.25, 0.3) is 0 Å². The van der Waals surface area contributed by atoms with Crippen molar-refractivity contribution in [2.45, 2.75) is 25.7 Å². The van der Waals surface area contributed by atoms with Crippen LogP contribution in [0.3, 0.4) is 0 Å². The van der Waals surface area contributed by atoms with Crippen LogP contribution in [0.5, 0.6) is 5.75 Å². The molecule has 0 fully saturated rings. The van der Waals surface area contributed by atoms with Crippen LogP contribution >= 0.6 is 11.3 Å². The van der Waals surface area contributed by atoms with E-state index in [1.54, 1.807) is 11.0 Å². The summed E-state index contributed by atoms with van der Waals surface area (Å²) in [5, 5.41) is 6.89. The van der Waals surface area contributed by atoms with Gasteiger partial charge in [-0.3, -0.25) is 9.48 Å². The minimum absolute atomic E-state index is 0.231. The summed E-state index contributed by atoms with van der Waals surface area (Å²) in [6.07, 6.45) is -0.939. The molecule has 1 N–H and O–H groups in total. The maximum Gasteiger partial charge on any atom is 0.573 e. The average molecular weight is 371 g/mol. The highest BCUT2D eigenvalue weighted by Gasteiger charge is 2.31. The second kappa shape index (κ2) is 7.05. The molecule has 0 bridgehead atoms. The van der Waals surface area contributed by atoms with E-state index in [4.69, 9.17) is 0 Å². The molecule has 0 aliphatic carbocycles. The second-order valence-electron chi connectivity index (χ2n) is 5.01. The number of anilines is 1. The molecule has 1 aromatic carbocycles. The molecule has 0 atom stereocenters. The lowest BCUT2D eigenvalue weighted by molar-refractivity contribution is -0.274. The fourth-order valence-electron chi connectivity index (χ4n) is 2.09. The number of amides is 1. The third-order valence-corrected chi connectivity index (χ3v) is 4.03. The normalized spacial score (nSPS) is 11.6. The molecule has 0 radical (unpaired) electrons. The lowest BCUT2D eigenvalue weighted by Gasteiger charge is -2.07. The summed E-state index contributed by atoms with van der Waals surface area (Å²) >= 11 is 1.08. The van der Waals surface area contributed by atoms with Crippen molar-refractivity contribution in [3.8, 4) is 5.75 Å². The Morgan fingerprint density at radius 2 is 2.20 bits per heavy atom. The van der Waals surface area contributed by atoms with Crippen LogP contribution in [-0.4, -0.2) is 32.0 Å². The third-order valence-electron chi connectivity index (χ3n) is 3.10. The van der Waals surface area contributed by atoms with E-state index in [1.165, 1.54) is 24.5 Å². The Morgan fingerprint density at radius 1 is 1.36 bits per heavy atom. The Kier molecular flexibility index (Phi) is 4.83. The standard InChI is InChI=1S/C14H12F3N5O2S/c15-14(16,17)24-9-3-4-10-11(6-9)25-13(20-10)21-12(23)2-1-5-22-8-18-7-19-22/h3-4,6-8H,1-2,5H2,(H,20,21,23). The van der Waals surface area contributed by atoms with Gasteiger partial charge in [0.2, 0.25) is 5.91 Å². The molecular weight excluding hydrogens is 359 g/mol. The highest BCUT2D eigenvalue weighted by atomic mass is 32.1. The van der Waals surface area contributed by atoms with E-state index in [0.29, 0.717) is 28.3 Å². The monoisotopic (exact) mass is 371 g/mol. The maximum atomic E-state index is 12.2. The topological polar surface area (TPSA) is 81.9 Å². The van der Waals surface area contributed by atoms with E-state index in [-0.39, 0.29) is 18.1 Å². The molecule has 0 aliphatic rings. The Hall–Kier alpha value is -2.69. The Balaban J connectivity index is 1.58. The van der Waals surface area contributed by atoms with Crippen molar-refractivity contribution in [2.75, 3.05) is 5.32 Å². The molecule has 0 spiro atoms. The molecule has 11 heteroatoms. The van der Waals surface area contributed by atoms with Gasteiger partial charge in [0, 0.05) is 19.0 Å². The van der Waals surface area contributed by atoms with Crippen molar-refractivity contribution in [3.63, 3.8) is 0 Å². The second-order valence-corrected chi connectivity index (χ2v) is 6.04. The number of carbonyl (C=O) groups is 1. The molecule has 2 heterocycles. The SMILES string of the molecule is O=C(CCCn1cncn1)Nc1nc2ccc(OC(F)(F)F)cc2s1. The zero-order valence-electron chi connectivity index (χ0n) is 12.7. The number of alkyl halides is 3. The summed E-state index contributed by atoms with van der Waals surface area (Å²) in [7, 11) is 0. The van der Waals surface area contributed by atoms with Gasteiger partial charge in [0.1, 0.15) is 18.4 Å². The largest absolute Gasteiger partial charge is 0.573 e. The lowest BCUT2D eigenvalue weighted by atomic mass is 10.3. The number of benzene rings is 1. The lowest BCUT2D eigenvalue weighted by Crippen LogP contribution is -2.16. The van der Waals surface area contributed by atoms with E-state index in [1.807, 2.05) is 0 Å². The quantitative estimate of drug-likeness (QED) is 0.720. The summed E-state index contributed by atoms with van der Waals surface area (Å²) in [4.78, 5) is 19.9. The number of hydrogen-bond donors (Lipinski definition) is 1. The van der Waals surface area contributed by atoms with Gasteiger partial charge in [-0.1, -0.05) is 11.3 Å². The van der Waals surface area contributed by atoms with Crippen molar-refractivity contribution in [1.29, 1.82) is 0 Å². The number of aromatic nitrogens is 4. The zero-order valence-corrected chi connectivity index (χ0v) is 13.5. The van der Waals surface area contributed by atoms with E-state index in [0.717, 1.165) is 11.3 Å². The molecule has 0 unspecified atom stereocenters. The number of fused-ring (bicyclic) bond motifs is 1. The summed E-state index contributed by atoms with van der Waals surface area (Å²) in [6, 6.07) is 3.83. The number of nitrogens with zero attached hydrogens (tertiary/aromatic N) is 4. The van der Waals surface area contributed by atoms with Crippen molar-refractivity contribution in [3.05, 3.63) is 30.9 Å². The molecule has 0 saturated heterocycles. The van der Waals surface area contributed by atoms with Gasteiger partial charge in [-0.25, -0.2) is 9.97 Å². The number of halogens is 3. The number of carbonyl (C=O) groups excluding carboxylic acids is 1. The van der Waals surface area contributed by atoms with Crippen molar-refractivity contribution in [1.82, 2.24) is 19.7 Å². The van der Waals surface area contributed by atoms with Crippen LogP contribution in [0, 0.1) is 0 Å². The maximum absolute atomic E-state index is 12.2. The molecule has 1 amide bonds. The zero-order chi connectivity index (χ0) is 17.9. The van der Waals surface area contributed by atoms with Crippen molar-refractivity contribution in [2.24, 2.45) is 0 Å². The number of aryl methyl sites for hydroxylation is 1. The number of thiazole rings is 1. The van der Waals surface area contributed by atoms with Crippen LogP contribution in [0.4, 0.5) is 18.3 Å². The first kappa shape index (κ1) is 17.1. The molecule has 132 valence electrons. The Labute approximate surface area is 143 Å². The number of nitrogens with one attached hydrogen (secondary N) is 1. The molecule has 2 aromatic heterocycles. The molecule has 0 saturated carbocycles. The van der Waals surface area contributed by atoms with Gasteiger partial charge in [0.15, 0.2) is 5.13 Å². The van der Waals surface area contributed by atoms with Crippen LogP contribution in [0.15, 0.2) is 30.9 Å². The van der Waals surface area contributed by atoms with Gasteiger partial charge < -0.3 is 10.1 Å². The first-order valence-corrected chi connectivity index (χ1v) is 7.99. The van der Waals surface area contributed by atoms with Crippen LogP contribution in [0.1, 0.15) is 12.8 Å². The van der Waals surface area contributed by atoms with Gasteiger partial charge >= 0.3 is 6.36 Å². The van der Waals surface area contributed by atoms with E-state index < -0.39 is 6.36 Å². The van der Waals surface area contributed by atoms with Crippen LogP contribution < -0.4 is 10.1 Å². The summed E-state index contributed by atoms with van der Waals surface area (Å²) in [5.74, 6) is -0.555. The minimum Gasteiger partial charge on any atom is -0.406 e. The molecule has 0 aliphatic heterocycles. The van der Waals surface area contributed by atoms with Gasteiger partial charge in [-0.15, -0.1) is 13.2 Å². The van der Waals surface area contributed by atoms with E-state index in [9.17, 15) is 18.0 Å². The van der Waals surface area contributed by atoms with Gasteiger partial charge in [0.05, 0.1) is 10.2 Å². The smallest absolute Gasteiger partial charge is 0.406 e. The first-order chi connectivity index (χ1) is 11.9.